The van der Waals surface area contributed by atoms with Crippen molar-refractivity contribution < 1.29 is 0 Å². The lowest BCUT2D eigenvalue weighted by molar-refractivity contribution is 0.351. The highest BCUT2D eigenvalue weighted by Crippen LogP contribution is 2.37. The molecule has 0 saturated heterocycles. The molecule has 2 heteroatoms. The molecule has 0 bridgehead atoms. The van der Waals surface area contributed by atoms with Gasteiger partial charge in [0.1, 0.15) is 0 Å². The van der Waals surface area contributed by atoms with Crippen LogP contribution in [0.4, 0.5) is 0 Å². The SMILES string of the molecule is CC(N)=NCC1(C)CCCC1. The number of rotatable bonds is 2. The molecule has 0 heterocycles. The van der Waals surface area contributed by atoms with E-state index >= 15 is 0 Å². The van der Waals surface area contributed by atoms with E-state index in [-0.39, 0.29) is 0 Å². The van der Waals surface area contributed by atoms with Crippen molar-refractivity contribution in [3.63, 3.8) is 0 Å². The van der Waals surface area contributed by atoms with Gasteiger partial charge in [0.15, 0.2) is 0 Å². The molecular weight excluding hydrogens is 136 g/mol. The van der Waals surface area contributed by atoms with Gasteiger partial charge in [0.25, 0.3) is 0 Å². The summed E-state index contributed by atoms with van der Waals surface area (Å²) in [5.74, 6) is 0.720. The summed E-state index contributed by atoms with van der Waals surface area (Å²) in [6.07, 6.45) is 5.39. The molecule has 0 amide bonds. The van der Waals surface area contributed by atoms with Crippen molar-refractivity contribution >= 4 is 5.84 Å². The maximum Gasteiger partial charge on any atom is 0.0905 e. The second-order valence-electron chi connectivity index (χ2n) is 3.98. The molecule has 1 aliphatic carbocycles. The normalized spacial score (nSPS) is 24.0. The molecule has 0 aliphatic heterocycles. The molecule has 0 atom stereocenters. The fourth-order valence-electron chi connectivity index (χ4n) is 1.70. The third-order valence-corrected chi connectivity index (χ3v) is 2.52. The van der Waals surface area contributed by atoms with Gasteiger partial charge < -0.3 is 5.73 Å². The smallest absolute Gasteiger partial charge is 0.0905 e. The van der Waals surface area contributed by atoms with Gasteiger partial charge in [0, 0.05) is 6.54 Å². The first kappa shape index (κ1) is 8.57. The minimum Gasteiger partial charge on any atom is -0.388 e. The largest absolute Gasteiger partial charge is 0.388 e. The van der Waals surface area contributed by atoms with Crippen LogP contribution in [-0.4, -0.2) is 12.4 Å². The average molecular weight is 154 g/mol. The number of hydrogen-bond donors (Lipinski definition) is 1. The van der Waals surface area contributed by atoms with E-state index in [1.54, 1.807) is 0 Å². The van der Waals surface area contributed by atoms with Crippen molar-refractivity contribution in [2.24, 2.45) is 16.1 Å². The Kier molecular flexibility index (Phi) is 2.53. The van der Waals surface area contributed by atoms with Gasteiger partial charge >= 0.3 is 0 Å². The fraction of sp³-hybridized carbons (Fsp3) is 0.889. The molecule has 0 radical (unpaired) electrons. The number of nitrogens with zero attached hydrogens (tertiary/aromatic N) is 1. The first-order chi connectivity index (χ1) is 5.12. The van der Waals surface area contributed by atoms with Gasteiger partial charge in [-0.3, -0.25) is 4.99 Å². The summed E-state index contributed by atoms with van der Waals surface area (Å²) < 4.78 is 0. The third kappa shape index (κ3) is 2.52. The number of hydrogen-bond acceptors (Lipinski definition) is 1. The van der Waals surface area contributed by atoms with Gasteiger partial charge in [0.2, 0.25) is 0 Å². The molecule has 2 N–H and O–H groups in total. The standard InChI is InChI=1S/C9H18N2/c1-8(10)11-7-9(2)5-3-4-6-9/h3-7H2,1-2H3,(H2,10,11). The second kappa shape index (κ2) is 3.24. The Morgan fingerprint density at radius 1 is 1.45 bits per heavy atom. The molecule has 1 fully saturated rings. The molecule has 1 rings (SSSR count). The molecule has 2 nitrogen and oxygen atoms in total. The minimum absolute atomic E-state index is 0.459. The van der Waals surface area contributed by atoms with Gasteiger partial charge in [-0.15, -0.1) is 0 Å². The van der Waals surface area contributed by atoms with Gasteiger partial charge in [0.05, 0.1) is 5.84 Å². The zero-order chi connectivity index (χ0) is 8.32. The predicted molar refractivity (Wildman–Crippen MR) is 48.7 cm³/mol. The van der Waals surface area contributed by atoms with Crippen LogP contribution in [0, 0.1) is 5.41 Å². The Balaban J connectivity index is 2.40. The summed E-state index contributed by atoms with van der Waals surface area (Å²) >= 11 is 0. The molecular formula is C9H18N2. The van der Waals surface area contributed by atoms with Gasteiger partial charge in [-0.25, -0.2) is 0 Å². The topological polar surface area (TPSA) is 38.4 Å². The van der Waals surface area contributed by atoms with E-state index in [9.17, 15) is 0 Å². The number of nitrogens with two attached hydrogens (primary N) is 1. The van der Waals surface area contributed by atoms with Crippen molar-refractivity contribution in [3.8, 4) is 0 Å². The lowest BCUT2D eigenvalue weighted by Crippen LogP contribution is -2.18. The Bertz CT molecular complexity index is 151. The molecule has 11 heavy (non-hydrogen) atoms. The van der Waals surface area contributed by atoms with Crippen LogP contribution in [0.15, 0.2) is 4.99 Å². The highest BCUT2D eigenvalue weighted by Gasteiger charge is 2.27. The average Bonchev–Trinajstić information content (AvgIpc) is 2.33. The lowest BCUT2D eigenvalue weighted by Gasteiger charge is -2.20. The van der Waals surface area contributed by atoms with E-state index in [1.165, 1.54) is 25.7 Å². The molecule has 0 spiro atoms. The number of aliphatic imine (C=N–C) groups is 1. The van der Waals surface area contributed by atoms with Crippen LogP contribution >= 0.6 is 0 Å². The molecule has 1 aliphatic rings. The highest BCUT2D eigenvalue weighted by atomic mass is 14.8. The summed E-state index contributed by atoms with van der Waals surface area (Å²) in [7, 11) is 0. The van der Waals surface area contributed by atoms with E-state index in [0.717, 1.165) is 12.4 Å². The van der Waals surface area contributed by atoms with E-state index in [0.29, 0.717) is 5.41 Å². The van der Waals surface area contributed by atoms with Crippen LogP contribution in [0.5, 0.6) is 0 Å². The molecule has 0 aromatic heterocycles. The van der Waals surface area contributed by atoms with Crippen molar-refractivity contribution in [2.75, 3.05) is 6.54 Å². The first-order valence-electron chi connectivity index (χ1n) is 4.39. The van der Waals surface area contributed by atoms with E-state index in [2.05, 4.69) is 11.9 Å². The molecule has 64 valence electrons. The van der Waals surface area contributed by atoms with Crippen LogP contribution in [0.2, 0.25) is 0 Å². The summed E-state index contributed by atoms with van der Waals surface area (Å²) in [6.45, 7) is 5.10. The monoisotopic (exact) mass is 154 g/mol. The number of amidine groups is 1. The quantitative estimate of drug-likeness (QED) is 0.479. The van der Waals surface area contributed by atoms with Crippen LogP contribution in [0.25, 0.3) is 0 Å². The maximum absolute atomic E-state index is 5.48. The van der Waals surface area contributed by atoms with Crippen molar-refractivity contribution in [3.05, 3.63) is 0 Å². The van der Waals surface area contributed by atoms with E-state index in [1.807, 2.05) is 6.92 Å². The Morgan fingerprint density at radius 2 is 2.00 bits per heavy atom. The maximum atomic E-state index is 5.48. The van der Waals surface area contributed by atoms with Crippen LogP contribution in [0.3, 0.4) is 0 Å². The van der Waals surface area contributed by atoms with Crippen molar-refractivity contribution in [1.82, 2.24) is 0 Å². The van der Waals surface area contributed by atoms with Gasteiger partial charge in [-0.1, -0.05) is 19.8 Å². The summed E-state index contributed by atoms with van der Waals surface area (Å²) in [5.41, 5.74) is 5.94. The fourth-order valence-corrected chi connectivity index (χ4v) is 1.70. The molecule has 0 aromatic carbocycles. The predicted octanol–water partition coefficient (Wildman–Crippen LogP) is 1.94. The second-order valence-corrected chi connectivity index (χ2v) is 3.98. The summed E-state index contributed by atoms with van der Waals surface area (Å²) in [6, 6.07) is 0. The Morgan fingerprint density at radius 3 is 2.45 bits per heavy atom. The van der Waals surface area contributed by atoms with Gasteiger partial charge in [-0.05, 0) is 25.2 Å². The van der Waals surface area contributed by atoms with E-state index < -0.39 is 0 Å². The molecule has 1 saturated carbocycles. The van der Waals surface area contributed by atoms with E-state index in [4.69, 9.17) is 5.73 Å². The van der Waals surface area contributed by atoms with Crippen LogP contribution < -0.4 is 5.73 Å². The summed E-state index contributed by atoms with van der Waals surface area (Å²) in [4.78, 5) is 4.27. The third-order valence-electron chi connectivity index (χ3n) is 2.52. The summed E-state index contributed by atoms with van der Waals surface area (Å²) in [5, 5.41) is 0. The van der Waals surface area contributed by atoms with Crippen LogP contribution in [-0.2, 0) is 0 Å². The van der Waals surface area contributed by atoms with Crippen molar-refractivity contribution in [2.45, 2.75) is 39.5 Å². The zero-order valence-corrected chi connectivity index (χ0v) is 7.56. The zero-order valence-electron chi connectivity index (χ0n) is 7.56. The van der Waals surface area contributed by atoms with Crippen molar-refractivity contribution in [1.29, 1.82) is 0 Å². The molecule has 0 unspecified atom stereocenters. The molecule has 0 aromatic rings. The first-order valence-corrected chi connectivity index (χ1v) is 4.39. The lowest BCUT2D eigenvalue weighted by atomic mass is 9.89. The Labute approximate surface area is 68.9 Å². The highest BCUT2D eigenvalue weighted by molar-refractivity contribution is 5.77. The van der Waals surface area contributed by atoms with Crippen LogP contribution in [0.1, 0.15) is 39.5 Å². The van der Waals surface area contributed by atoms with Gasteiger partial charge in [-0.2, -0.15) is 0 Å². The minimum atomic E-state index is 0.459. The Hall–Kier alpha value is -0.530.